The first kappa shape index (κ1) is 15.7. The summed E-state index contributed by atoms with van der Waals surface area (Å²) in [5.74, 6) is 2.02. The van der Waals surface area contributed by atoms with Gasteiger partial charge in [0, 0.05) is 18.8 Å². The Bertz CT molecular complexity index is 753. The first-order chi connectivity index (χ1) is 12.3. The van der Waals surface area contributed by atoms with E-state index in [-0.39, 0.29) is 18.8 Å². The maximum absolute atomic E-state index is 12.6. The number of ether oxygens (including phenoxy) is 3. The molecule has 0 radical (unpaired) electrons. The van der Waals surface area contributed by atoms with Crippen molar-refractivity contribution in [3.8, 4) is 17.4 Å². The lowest BCUT2D eigenvalue weighted by Gasteiger charge is -2.32. The molecule has 1 aromatic heterocycles. The number of aromatic nitrogens is 2. The molecule has 0 saturated carbocycles. The van der Waals surface area contributed by atoms with Crippen molar-refractivity contribution in [2.24, 2.45) is 0 Å². The first-order valence-electron chi connectivity index (χ1n) is 8.38. The second-order valence-corrected chi connectivity index (χ2v) is 6.15. The molecule has 2 aliphatic heterocycles. The molecule has 0 unspecified atom stereocenters. The molecule has 2 aromatic rings. The second-order valence-electron chi connectivity index (χ2n) is 6.15. The van der Waals surface area contributed by atoms with Crippen LogP contribution in [0.3, 0.4) is 0 Å². The lowest BCUT2D eigenvalue weighted by molar-refractivity contribution is -0.133. The summed E-state index contributed by atoms with van der Waals surface area (Å²) in [4.78, 5) is 14.5. The van der Waals surface area contributed by atoms with E-state index in [9.17, 15) is 4.79 Å². The molecule has 3 heterocycles. The summed E-state index contributed by atoms with van der Waals surface area (Å²) in [5, 5.41) is 7.75. The molecule has 1 saturated heterocycles. The Morgan fingerprint density at radius 1 is 1.28 bits per heavy atom. The molecule has 25 heavy (non-hydrogen) atoms. The molecule has 0 bridgehead atoms. The van der Waals surface area contributed by atoms with Crippen LogP contribution in [0.4, 0.5) is 0 Å². The van der Waals surface area contributed by atoms with E-state index < -0.39 is 0 Å². The molecule has 0 N–H and O–H groups in total. The van der Waals surface area contributed by atoms with Gasteiger partial charge in [0.15, 0.2) is 11.5 Å². The Labute approximate surface area is 145 Å². The number of carbonyl (C=O) groups excluding carboxylic acids is 1. The van der Waals surface area contributed by atoms with E-state index in [1.54, 1.807) is 18.3 Å². The van der Waals surface area contributed by atoms with Crippen LogP contribution in [-0.4, -0.2) is 47.0 Å². The van der Waals surface area contributed by atoms with E-state index in [4.69, 9.17) is 14.2 Å². The number of fused-ring (bicyclic) bond motifs is 1. The summed E-state index contributed by atoms with van der Waals surface area (Å²) in [6.07, 6.45) is 3.72. The van der Waals surface area contributed by atoms with Gasteiger partial charge < -0.3 is 19.1 Å². The zero-order chi connectivity index (χ0) is 17.1. The minimum absolute atomic E-state index is 0.0499. The van der Waals surface area contributed by atoms with Gasteiger partial charge in [0.2, 0.25) is 18.6 Å². The van der Waals surface area contributed by atoms with Crippen molar-refractivity contribution >= 4 is 5.91 Å². The average molecular weight is 341 g/mol. The van der Waals surface area contributed by atoms with Crippen molar-refractivity contribution in [2.45, 2.75) is 25.4 Å². The molecule has 130 valence electrons. The number of likely N-dealkylation sites (tertiary alicyclic amines) is 1. The molecule has 2 aliphatic rings. The Morgan fingerprint density at radius 3 is 3.08 bits per heavy atom. The van der Waals surface area contributed by atoms with Gasteiger partial charge in [-0.1, -0.05) is 6.07 Å². The number of piperidine rings is 1. The zero-order valence-corrected chi connectivity index (χ0v) is 13.8. The van der Waals surface area contributed by atoms with E-state index in [1.807, 2.05) is 23.1 Å². The van der Waals surface area contributed by atoms with Crippen LogP contribution < -0.4 is 14.2 Å². The van der Waals surface area contributed by atoms with Crippen LogP contribution in [0.25, 0.3) is 0 Å². The van der Waals surface area contributed by atoms with Gasteiger partial charge in [0.05, 0.1) is 13.0 Å². The summed E-state index contributed by atoms with van der Waals surface area (Å²) < 4.78 is 16.5. The van der Waals surface area contributed by atoms with Gasteiger partial charge in [0.1, 0.15) is 6.10 Å². The quantitative estimate of drug-likeness (QED) is 0.844. The summed E-state index contributed by atoms with van der Waals surface area (Å²) >= 11 is 0. The number of amides is 1. The maximum Gasteiger partial charge on any atom is 0.233 e. The third-order valence-electron chi connectivity index (χ3n) is 4.36. The van der Waals surface area contributed by atoms with Crippen LogP contribution in [0, 0.1) is 0 Å². The molecule has 1 amide bonds. The van der Waals surface area contributed by atoms with E-state index in [2.05, 4.69) is 10.2 Å². The number of benzene rings is 1. The number of carbonyl (C=O) groups is 1. The third kappa shape index (κ3) is 3.65. The molecule has 7 nitrogen and oxygen atoms in total. The van der Waals surface area contributed by atoms with Crippen LogP contribution in [0.15, 0.2) is 36.5 Å². The van der Waals surface area contributed by atoms with E-state index in [0.717, 1.165) is 30.7 Å². The van der Waals surface area contributed by atoms with Crippen LogP contribution in [0.2, 0.25) is 0 Å². The van der Waals surface area contributed by atoms with Gasteiger partial charge in [-0.3, -0.25) is 4.79 Å². The van der Waals surface area contributed by atoms with Crippen LogP contribution in [-0.2, 0) is 11.2 Å². The topological polar surface area (TPSA) is 73.8 Å². The van der Waals surface area contributed by atoms with Gasteiger partial charge in [-0.25, -0.2) is 0 Å². The molecule has 0 aliphatic carbocycles. The van der Waals surface area contributed by atoms with Gasteiger partial charge in [-0.2, -0.15) is 5.10 Å². The maximum atomic E-state index is 12.6. The normalized spacial score (nSPS) is 18.9. The standard InChI is InChI=1S/C18H19N3O4/c22-18(10-13-5-6-15-16(9-13)24-12-23-15)21-8-2-3-14(11-21)25-17-4-1-7-19-20-17/h1,4-7,9,14H,2-3,8,10-12H2/t14-/m1/s1. The fourth-order valence-corrected chi connectivity index (χ4v) is 3.12. The Hall–Kier alpha value is -2.83. The van der Waals surface area contributed by atoms with Gasteiger partial charge in [-0.05, 0) is 36.6 Å². The van der Waals surface area contributed by atoms with Crippen molar-refractivity contribution in [2.75, 3.05) is 19.9 Å². The van der Waals surface area contributed by atoms with Crippen molar-refractivity contribution in [1.29, 1.82) is 0 Å². The number of rotatable bonds is 4. The highest BCUT2D eigenvalue weighted by Gasteiger charge is 2.25. The second kappa shape index (κ2) is 6.96. The number of hydrogen-bond acceptors (Lipinski definition) is 6. The molecule has 0 spiro atoms. The Kier molecular flexibility index (Phi) is 4.37. The highest BCUT2D eigenvalue weighted by atomic mass is 16.7. The Morgan fingerprint density at radius 2 is 2.20 bits per heavy atom. The molecule has 1 aromatic carbocycles. The molecule has 7 heteroatoms. The minimum Gasteiger partial charge on any atom is -0.471 e. The van der Waals surface area contributed by atoms with Crippen molar-refractivity contribution < 1.29 is 19.0 Å². The molecule has 1 atom stereocenters. The largest absolute Gasteiger partial charge is 0.471 e. The predicted molar refractivity (Wildman–Crippen MR) is 88.5 cm³/mol. The van der Waals surface area contributed by atoms with Crippen LogP contribution >= 0.6 is 0 Å². The van der Waals surface area contributed by atoms with Gasteiger partial charge in [-0.15, -0.1) is 5.10 Å². The Balaban J connectivity index is 1.36. The molecular formula is C18H19N3O4. The molecular weight excluding hydrogens is 322 g/mol. The van der Waals surface area contributed by atoms with Crippen molar-refractivity contribution in [3.05, 3.63) is 42.1 Å². The lowest BCUT2D eigenvalue weighted by Crippen LogP contribution is -2.45. The zero-order valence-electron chi connectivity index (χ0n) is 13.8. The van der Waals surface area contributed by atoms with Gasteiger partial charge >= 0.3 is 0 Å². The van der Waals surface area contributed by atoms with Crippen LogP contribution in [0.5, 0.6) is 17.4 Å². The van der Waals surface area contributed by atoms with E-state index in [0.29, 0.717) is 24.6 Å². The van der Waals surface area contributed by atoms with Crippen molar-refractivity contribution in [3.63, 3.8) is 0 Å². The van der Waals surface area contributed by atoms with Crippen LogP contribution in [0.1, 0.15) is 18.4 Å². The predicted octanol–water partition coefficient (Wildman–Crippen LogP) is 1.82. The van der Waals surface area contributed by atoms with E-state index in [1.165, 1.54) is 0 Å². The first-order valence-corrected chi connectivity index (χ1v) is 8.38. The van der Waals surface area contributed by atoms with Crippen molar-refractivity contribution in [1.82, 2.24) is 15.1 Å². The highest BCUT2D eigenvalue weighted by Crippen LogP contribution is 2.32. The highest BCUT2D eigenvalue weighted by molar-refractivity contribution is 5.79. The fraction of sp³-hybridized carbons (Fsp3) is 0.389. The SMILES string of the molecule is O=C(Cc1ccc2c(c1)OCO2)N1CCC[C@@H](Oc2cccnn2)C1. The smallest absolute Gasteiger partial charge is 0.233 e. The number of hydrogen-bond donors (Lipinski definition) is 0. The van der Waals surface area contributed by atoms with E-state index >= 15 is 0 Å². The minimum atomic E-state index is -0.0499. The summed E-state index contributed by atoms with van der Waals surface area (Å²) in [5.41, 5.74) is 0.922. The summed E-state index contributed by atoms with van der Waals surface area (Å²) in [7, 11) is 0. The molecule has 4 rings (SSSR count). The van der Waals surface area contributed by atoms with Gasteiger partial charge in [0.25, 0.3) is 0 Å². The third-order valence-corrected chi connectivity index (χ3v) is 4.36. The fourth-order valence-electron chi connectivity index (χ4n) is 3.12. The summed E-state index contributed by atoms with van der Waals surface area (Å²) in [6.45, 7) is 1.56. The number of nitrogens with zero attached hydrogens (tertiary/aromatic N) is 3. The molecule has 1 fully saturated rings. The average Bonchev–Trinajstić information content (AvgIpc) is 3.10. The lowest BCUT2D eigenvalue weighted by atomic mass is 10.1. The monoisotopic (exact) mass is 341 g/mol. The summed E-state index contributed by atoms with van der Waals surface area (Å²) in [6, 6.07) is 9.19.